The van der Waals surface area contributed by atoms with Gasteiger partial charge in [0.25, 0.3) is 5.91 Å². The number of carbonyl (C=O) groups excluding carboxylic acids is 1. The predicted molar refractivity (Wildman–Crippen MR) is 96.7 cm³/mol. The van der Waals surface area contributed by atoms with Crippen molar-refractivity contribution in [2.45, 2.75) is 29.7 Å². The van der Waals surface area contributed by atoms with Gasteiger partial charge < -0.3 is 5.32 Å². The van der Waals surface area contributed by atoms with Crippen molar-refractivity contribution < 1.29 is 13.2 Å². The van der Waals surface area contributed by atoms with E-state index in [0.717, 1.165) is 16.0 Å². The maximum absolute atomic E-state index is 12.5. The summed E-state index contributed by atoms with van der Waals surface area (Å²) in [5.41, 5.74) is 2.34. The highest BCUT2D eigenvalue weighted by atomic mass is 32.2. The Bertz CT molecular complexity index is 847. The van der Waals surface area contributed by atoms with E-state index < -0.39 is 10.0 Å². The van der Waals surface area contributed by atoms with Crippen molar-refractivity contribution in [3.63, 3.8) is 0 Å². The lowest BCUT2D eigenvalue weighted by Crippen LogP contribution is -2.27. The van der Waals surface area contributed by atoms with Gasteiger partial charge in [0.2, 0.25) is 10.0 Å². The number of carbonyl (C=O) groups is 1. The summed E-state index contributed by atoms with van der Waals surface area (Å²) in [6.07, 6.45) is 1.96. The molecule has 0 bridgehead atoms. The monoisotopic (exact) mass is 364 g/mol. The summed E-state index contributed by atoms with van der Waals surface area (Å²) in [4.78, 5) is 13.6. The fraction of sp³-hybridized carbons (Fsp3) is 0.235. The zero-order valence-electron chi connectivity index (χ0n) is 13.7. The Morgan fingerprint density at radius 2 is 1.79 bits per heavy atom. The molecule has 0 aliphatic rings. The molecule has 2 rings (SSSR count). The van der Waals surface area contributed by atoms with Crippen molar-refractivity contribution in [2.75, 3.05) is 6.26 Å². The maximum atomic E-state index is 12.5. The average molecular weight is 364 g/mol. The smallest absolute Gasteiger partial charge is 0.252 e. The lowest BCUT2D eigenvalue weighted by atomic mass is 10.1. The van der Waals surface area contributed by atoms with Crippen LogP contribution in [-0.2, 0) is 10.0 Å². The molecule has 0 fully saturated rings. The van der Waals surface area contributed by atoms with Crippen molar-refractivity contribution in [1.82, 2.24) is 5.32 Å². The summed E-state index contributed by atoms with van der Waals surface area (Å²) in [7, 11) is -3.71. The third-order valence-corrected chi connectivity index (χ3v) is 5.40. The first-order chi connectivity index (χ1) is 11.2. The lowest BCUT2D eigenvalue weighted by molar-refractivity contribution is 0.0939. The van der Waals surface area contributed by atoms with Crippen LogP contribution < -0.4 is 10.5 Å². The SMILES string of the molecule is CSc1ccc(C)c(C(=O)NC(C)c2ccc(S(N)(=O)=O)cc2)c1. The zero-order chi connectivity index (χ0) is 17.9. The van der Waals surface area contributed by atoms with Gasteiger partial charge >= 0.3 is 0 Å². The standard InChI is InChI=1S/C17H20N2O3S2/c1-11-4-7-14(23-3)10-16(11)17(20)19-12(2)13-5-8-15(9-6-13)24(18,21)22/h4-10,12H,1-3H3,(H,19,20)(H2,18,21,22). The number of nitrogens with two attached hydrogens (primary N) is 1. The number of sulfonamides is 1. The van der Waals surface area contributed by atoms with Gasteiger partial charge in [0.1, 0.15) is 0 Å². The molecule has 1 unspecified atom stereocenters. The van der Waals surface area contributed by atoms with E-state index in [1.165, 1.54) is 12.1 Å². The second-order valence-electron chi connectivity index (χ2n) is 5.49. The number of nitrogens with one attached hydrogen (secondary N) is 1. The van der Waals surface area contributed by atoms with E-state index in [0.29, 0.717) is 5.56 Å². The van der Waals surface area contributed by atoms with Gasteiger partial charge in [0.15, 0.2) is 0 Å². The summed E-state index contributed by atoms with van der Waals surface area (Å²) in [6.45, 7) is 3.74. The highest BCUT2D eigenvalue weighted by Gasteiger charge is 2.15. The number of thioether (sulfide) groups is 1. The first-order valence-electron chi connectivity index (χ1n) is 7.30. The number of benzene rings is 2. The van der Waals surface area contributed by atoms with Crippen molar-refractivity contribution in [1.29, 1.82) is 0 Å². The number of rotatable bonds is 5. The predicted octanol–water partition coefficient (Wildman–Crippen LogP) is 2.86. The van der Waals surface area contributed by atoms with Crippen molar-refractivity contribution in [2.24, 2.45) is 5.14 Å². The molecule has 2 aromatic rings. The first kappa shape index (κ1) is 18.5. The minimum Gasteiger partial charge on any atom is -0.346 e. The molecule has 0 aliphatic heterocycles. The molecule has 128 valence electrons. The molecule has 0 saturated heterocycles. The molecular weight excluding hydrogens is 344 g/mol. The largest absolute Gasteiger partial charge is 0.346 e. The minimum absolute atomic E-state index is 0.0493. The van der Waals surface area contributed by atoms with Crippen molar-refractivity contribution in [3.05, 3.63) is 59.2 Å². The molecular formula is C17H20N2O3S2. The van der Waals surface area contributed by atoms with Gasteiger partial charge in [-0.15, -0.1) is 11.8 Å². The zero-order valence-corrected chi connectivity index (χ0v) is 15.4. The quantitative estimate of drug-likeness (QED) is 0.799. The average Bonchev–Trinajstić information content (AvgIpc) is 2.54. The number of amides is 1. The first-order valence-corrected chi connectivity index (χ1v) is 10.1. The van der Waals surface area contributed by atoms with E-state index in [9.17, 15) is 13.2 Å². The Morgan fingerprint density at radius 3 is 2.33 bits per heavy atom. The second-order valence-corrected chi connectivity index (χ2v) is 7.93. The van der Waals surface area contributed by atoms with E-state index in [4.69, 9.17) is 5.14 Å². The van der Waals surface area contributed by atoms with Gasteiger partial charge in [-0.1, -0.05) is 18.2 Å². The van der Waals surface area contributed by atoms with Crippen LogP contribution in [0.1, 0.15) is 34.5 Å². The van der Waals surface area contributed by atoms with Crippen LogP contribution in [0.2, 0.25) is 0 Å². The molecule has 1 amide bonds. The third-order valence-electron chi connectivity index (χ3n) is 3.75. The molecule has 0 aromatic heterocycles. The molecule has 24 heavy (non-hydrogen) atoms. The lowest BCUT2D eigenvalue weighted by Gasteiger charge is -2.16. The Hall–Kier alpha value is -1.83. The summed E-state index contributed by atoms with van der Waals surface area (Å²) >= 11 is 1.58. The van der Waals surface area contributed by atoms with Gasteiger partial charge in [-0.2, -0.15) is 0 Å². The highest BCUT2D eigenvalue weighted by molar-refractivity contribution is 7.98. The second kappa shape index (κ2) is 7.38. The van der Waals surface area contributed by atoms with Crippen LogP contribution in [0, 0.1) is 6.92 Å². The fourth-order valence-electron chi connectivity index (χ4n) is 2.28. The molecule has 0 aliphatic carbocycles. The Balaban J connectivity index is 2.17. The Morgan fingerprint density at radius 1 is 1.17 bits per heavy atom. The van der Waals surface area contributed by atoms with Crippen molar-refractivity contribution in [3.8, 4) is 0 Å². The highest BCUT2D eigenvalue weighted by Crippen LogP contribution is 2.21. The van der Waals surface area contributed by atoms with Crippen LogP contribution in [0.5, 0.6) is 0 Å². The third kappa shape index (κ3) is 4.37. The topological polar surface area (TPSA) is 89.3 Å². The van der Waals surface area contributed by atoms with E-state index in [1.54, 1.807) is 23.9 Å². The number of hydrogen-bond acceptors (Lipinski definition) is 4. The van der Waals surface area contributed by atoms with Gasteiger partial charge in [-0.25, -0.2) is 13.6 Å². The Labute approximate surface area is 146 Å². The molecule has 3 N–H and O–H groups in total. The van der Waals surface area contributed by atoms with E-state index in [2.05, 4.69) is 5.32 Å². The summed E-state index contributed by atoms with van der Waals surface area (Å²) in [5, 5.41) is 8.02. The minimum atomic E-state index is -3.71. The van der Waals surface area contributed by atoms with Crippen molar-refractivity contribution >= 4 is 27.7 Å². The normalized spacial score (nSPS) is 12.7. The summed E-state index contributed by atoms with van der Waals surface area (Å²) in [6, 6.07) is 11.7. The number of primary sulfonamides is 1. The van der Waals surface area contributed by atoms with E-state index >= 15 is 0 Å². The summed E-state index contributed by atoms with van der Waals surface area (Å²) < 4.78 is 22.6. The maximum Gasteiger partial charge on any atom is 0.252 e. The van der Waals surface area contributed by atoms with Crippen LogP contribution in [0.3, 0.4) is 0 Å². The van der Waals surface area contributed by atoms with E-state index in [1.807, 2.05) is 38.3 Å². The Kier molecular flexibility index (Phi) is 5.69. The van der Waals surface area contributed by atoms with Crippen LogP contribution in [-0.4, -0.2) is 20.6 Å². The molecule has 0 heterocycles. The van der Waals surface area contributed by atoms with Crippen LogP contribution in [0.25, 0.3) is 0 Å². The molecule has 0 spiro atoms. The van der Waals surface area contributed by atoms with Gasteiger partial charge in [-0.05, 0) is 55.5 Å². The van der Waals surface area contributed by atoms with Crippen LogP contribution >= 0.6 is 11.8 Å². The summed E-state index contributed by atoms with van der Waals surface area (Å²) in [5.74, 6) is -0.161. The van der Waals surface area contributed by atoms with E-state index in [-0.39, 0.29) is 16.8 Å². The molecule has 0 radical (unpaired) electrons. The fourth-order valence-corrected chi connectivity index (χ4v) is 3.23. The molecule has 5 nitrogen and oxygen atoms in total. The number of aryl methyl sites for hydroxylation is 1. The molecule has 1 atom stereocenters. The molecule has 7 heteroatoms. The molecule has 2 aromatic carbocycles. The van der Waals surface area contributed by atoms with Crippen LogP contribution in [0.15, 0.2) is 52.3 Å². The molecule has 0 saturated carbocycles. The van der Waals surface area contributed by atoms with Gasteiger partial charge in [-0.3, -0.25) is 4.79 Å². The van der Waals surface area contributed by atoms with Crippen LogP contribution in [0.4, 0.5) is 0 Å². The van der Waals surface area contributed by atoms with Gasteiger partial charge in [0.05, 0.1) is 10.9 Å². The number of hydrogen-bond donors (Lipinski definition) is 2. The van der Waals surface area contributed by atoms with Gasteiger partial charge in [0, 0.05) is 10.5 Å².